The van der Waals surface area contributed by atoms with Crippen molar-refractivity contribution < 1.29 is 18.3 Å². The molecule has 5 nitrogen and oxygen atoms in total. The number of furan rings is 1. The van der Waals surface area contributed by atoms with Crippen LogP contribution < -0.4 is 10.1 Å². The van der Waals surface area contributed by atoms with E-state index < -0.39 is 0 Å². The molecule has 0 unspecified atom stereocenters. The molecule has 3 rings (SSSR count). The third-order valence-corrected chi connectivity index (χ3v) is 4.12. The van der Waals surface area contributed by atoms with Gasteiger partial charge in [0.15, 0.2) is 5.76 Å². The van der Waals surface area contributed by atoms with Crippen LogP contribution in [-0.2, 0) is 19.7 Å². The van der Waals surface area contributed by atoms with E-state index in [1.807, 2.05) is 32.3 Å². The Hall–Kier alpha value is -3.12. The first-order valence-electron chi connectivity index (χ1n) is 8.98. The molecule has 0 fully saturated rings. The Morgan fingerprint density at radius 1 is 1.04 bits per heavy atom. The first kappa shape index (κ1) is 19.6. The third-order valence-electron chi connectivity index (χ3n) is 4.12. The zero-order valence-corrected chi connectivity index (χ0v) is 15.9. The van der Waals surface area contributed by atoms with E-state index >= 15 is 0 Å². The minimum Gasteiger partial charge on any atom is -0.486 e. The summed E-state index contributed by atoms with van der Waals surface area (Å²) < 4.78 is 24.0. The van der Waals surface area contributed by atoms with Crippen molar-refractivity contribution in [3.8, 4) is 5.75 Å². The molecular weight excluding hydrogens is 359 g/mol. The fourth-order valence-electron chi connectivity index (χ4n) is 2.75. The molecule has 6 heteroatoms. The minimum atomic E-state index is -0.323. The summed E-state index contributed by atoms with van der Waals surface area (Å²) in [5.41, 5.74) is 2.23. The van der Waals surface area contributed by atoms with Crippen molar-refractivity contribution in [2.75, 3.05) is 14.1 Å². The fraction of sp³-hybridized carbons (Fsp3) is 0.227. The number of amides is 1. The second-order valence-corrected chi connectivity index (χ2v) is 6.70. The third kappa shape index (κ3) is 5.44. The maximum atomic E-state index is 12.9. The minimum absolute atomic E-state index is 0.157. The van der Waals surface area contributed by atoms with Crippen molar-refractivity contribution in [1.82, 2.24) is 10.2 Å². The van der Waals surface area contributed by atoms with Crippen LogP contribution in [0.1, 0.15) is 27.4 Å². The lowest BCUT2D eigenvalue weighted by molar-refractivity contribution is 0.0919. The van der Waals surface area contributed by atoms with Crippen molar-refractivity contribution in [2.45, 2.75) is 19.7 Å². The van der Waals surface area contributed by atoms with Gasteiger partial charge in [0, 0.05) is 13.1 Å². The van der Waals surface area contributed by atoms with Crippen LogP contribution in [0.2, 0.25) is 0 Å². The predicted octanol–water partition coefficient (Wildman–Crippen LogP) is 3.99. The summed E-state index contributed by atoms with van der Waals surface area (Å²) in [6, 6.07) is 17.0. The smallest absolute Gasteiger partial charge is 0.287 e. The van der Waals surface area contributed by atoms with Crippen LogP contribution in [0, 0.1) is 5.82 Å². The van der Waals surface area contributed by atoms with E-state index in [1.165, 1.54) is 29.8 Å². The van der Waals surface area contributed by atoms with Gasteiger partial charge in [-0.1, -0.05) is 24.3 Å². The molecule has 0 radical (unpaired) electrons. The molecule has 1 N–H and O–H groups in total. The zero-order chi connectivity index (χ0) is 19.9. The number of nitrogens with one attached hydrogen (secondary N) is 1. The van der Waals surface area contributed by atoms with Crippen LogP contribution in [-0.4, -0.2) is 24.9 Å². The van der Waals surface area contributed by atoms with Gasteiger partial charge in [-0.05, 0) is 61.6 Å². The van der Waals surface area contributed by atoms with Crippen molar-refractivity contribution in [3.05, 3.63) is 89.1 Å². The lowest BCUT2D eigenvalue weighted by Gasteiger charge is -2.14. The number of rotatable bonds is 8. The van der Waals surface area contributed by atoms with E-state index in [-0.39, 0.29) is 24.1 Å². The SMILES string of the molecule is CN(C)Cc1ccccc1CNC(=O)c1ccc(COc2ccc(F)cc2)o1. The molecule has 0 bridgehead atoms. The van der Waals surface area contributed by atoms with Gasteiger partial charge in [0.2, 0.25) is 0 Å². The van der Waals surface area contributed by atoms with Gasteiger partial charge in [-0.15, -0.1) is 0 Å². The van der Waals surface area contributed by atoms with Crippen LogP contribution in [0.3, 0.4) is 0 Å². The molecule has 0 spiro atoms. The van der Waals surface area contributed by atoms with Gasteiger partial charge in [0.1, 0.15) is 23.9 Å². The summed E-state index contributed by atoms with van der Waals surface area (Å²) in [5.74, 6) is 0.663. The molecule has 1 heterocycles. The second kappa shape index (κ2) is 9.19. The number of halogens is 1. The van der Waals surface area contributed by atoms with Crippen LogP contribution in [0.15, 0.2) is 65.1 Å². The van der Waals surface area contributed by atoms with Crippen LogP contribution in [0.4, 0.5) is 4.39 Å². The number of hydrogen-bond donors (Lipinski definition) is 1. The topological polar surface area (TPSA) is 54.7 Å². The average molecular weight is 382 g/mol. The highest BCUT2D eigenvalue weighted by molar-refractivity contribution is 5.91. The highest BCUT2D eigenvalue weighted by Gasteiger charge is 2.12. The van der Waals surface area contributed by atoms with Crippen molar-refractivity contribution >= 4 is 5.91 Å². The van der Waals surface area contributed by atoms with E-state index in [0.29, 0.717) is 18.1 Å². The largest absolute Gasteiger partial charge is 0.486 e. The summed E-state index contributed by atoms with van der Waals surface area (Å²) in [7, 11) is 4.02. The van der Waals surface area contributed by atoms with Gasteiger partial charge in [0.05, 0.1) is 0 Å². The predicted molar refractivity (Wildman–Crippen MR) is 104 cm³/mol. The Morgan fingerprint density at radius 3 is 2.46 bits per heavy atom. The van der Waals surface area contributed by atoms with Crippen LogP contribution >= 0.6 is 0 Å². The lowest BCUT2D eigenvalue weighted by atomic mass is 10.1. The maximum absolute atomic E-state index is 12.9. The van der Waals surface area contributed by atoms with Crippen molar-refractivity contribution in [1.29, 1.82) is 0 Å². The molecular formula is C22H23FN2O3. The fourth-order valence-corrected chi connectivity index (χ4v) is 2.75. The van der Waals surface area contributed by atoms with E-state index in [4.69, 9.17) is 9.15 Å². The molecule has 1 amide bonds. The van der Waals surface area contributed by atoms with Crippen LogP contribution in [0.25, 0.3) is 0 Å². The summed E-state index contributed by atoms with van der Waals surface area (Å²) >= 11 is 0. The Bertz CT molecular complexity index is 920. The number of benzene rings is 2. The first-order chi connectivity index (χ1) is 13.5. The molecule has 1 aromatic heterocycles. The first-order valence-corrected chi connectivity index (χ1v) is 8.98. The van der Waals surface area contributed by atoms with Gasteiger partial charge in [-0.2, -0.15) is 0 Å². The number of carbonyl (C=O) groups excluding carboxylic acids is 1. The molecule has 0 atom stereocenters. The monoisotopic (exact) mass is 382 g/mol. The quantitative estimate of drug-likeness (QED) is 0.640. The number of hydrogen-bond acceptors (Lipinski definition) is 4. The highest BCUT2D eigenvalue weighted by atomic mass is 19.1. The summed E-state index contributed by atoms with van der Waals surface area (Å²) in [6.07, 6.45) is 0. The van der Waals surface area contributed by atoms with E-state index in [0.717, 1.165) is 12.1 Å². The van der Waals surface area contributed by atoms with E-state index in [9.17, 15) is 9.18 Å². The number of carbonyl (C=O) groups is 1. The Balaban J connectivity index is 1.55. The molecule has 146 valence electrons. The van der Waals surface area contributed by atoms with Crippen LogP contribution in [0.5, 0.6) is 5.75 Å². The van der Waals surface area contributed by atoms with Gasteiger partial charge in [-0.3, -0.25) is 4.79 Å². The van der Waals surface area contributed by atoms with E-state index in [1.54, 1.807) is 12.1 Å². The molecule has 0 saturated heterocycles. The standard InChI is InChI=1S/C22H23FN2O3/c1-25(2)14-17-6-4-3-5-16(17)13-24-22(26)21-12-11-20(28-21)15-27-19-9-7-18(23)8-10-19/h3-12H,13-15H2,1-2H3,(H,24,26). The van der Waals surface area contributed by atoms with Gasteiger partial charge < -0.3 is 19.4 Å². The Kier molecular flexibility index (Phi) is 6.45. The average Bonchev–Trinajstić information content (AvgIpc) is 3.15. The summed E-state index contributed by atoms with van der Waals surface area (Å²) in [4.78, 5) is 14.5. The van der Waals surface area contributed by atoms with Crippen molar-refractivity contribution in [2.24, 2.45) is 0 Å². The molecule has 2 aromatic carbocycles. The second-order valence-electron chi connectivity index (χ2n) is 6.70. The molecule has 3 aromatic rings. The number of ether oxygens (including phenoxy) is 1. The zero-order valence-electron chi connectivity index (χ0n) is 15.9. The van der Waals surface area contributed by atoms with Crippen molar-refractivity contribution in [3.63, 3.8) is 0 Å². The lowest BCUT2D eigenvalue weighted by Crippen LogP contribution is -2.23. The van der Waals surface area contributed by atoms with Gasteiger partial charge in [0.25, 0.3) is 5.91 Å². The highest BCUT2D eigenvalue weighted by Crippen LogP contribution is 2.16. The van der Waals surface area contributed by atoms with Gasteiger partial charge >= 0.3 is 0 Å². The van der Waals surface area contributed by atoms with E-state index in [2.05, 4.69) is 16.3 Å². The molecule has 0 saturated carbocycles. The number of nitrogens with zero attached hydrogens (tertiary/aromatic N) is 1. The molecule has 0 aliphatic rings. The summed E-state index contributed by atoms with van der Waals surface area (Å²) in [6.45, 7) is 1.38. The Morgan fingerprint density at radius 2 is 1.75 bits per heavy atom. The molecule has 28 heavy (non-hydrogen) atoms. The van der Waals surface area contributed by atoms with Gasteiger partial charge in [-0.25, -0.2) is 4.39 Å². The Labute approximate surface area is 163 Å². The normalized spacial score (nSPS) is 10.9. The summed E-state index contributed by atoms with van der Waals surface area (Å²) in [5, 5.41) is 2.89. The molecule has 0 aliphatic carbocycles. The maximum Gasteiger partial charge on any atom is 0.287 e. The molecule has 0 aliphatic heterocycles.